The Morgan fingerprint density at radius 2 is 1.68 bits per heavy atom. The van der Waals surface area contributed by atoms with Crippen molar-refractivity contribution in [2.75, 3.05) is 21.3 Å². The molecule has 0 atom stereocenters. The van der Waals surface area contributed by atoms with Gasteiger partial charge in [-0.25, -0.2) is 18.5 Å². The van der Waals surface area contributed by atoms with E-state index in [1.165, 1.54) is 12.1 Å². The minimum absolute atomic E-state index is 0.0660. The van der Waals surface area contributed by atoms with Gasteiger partial charge in [-0.1, -0.05) is 13.3 Å². The van der Waals surface area contributed by atoms with E-state index in [4.69, 9.17) is 24.3 Å². The van der Waals surface area contributed by atoms with E-state index in [1.54, 1.807) is 27.4 Å². The lowest BCUT2D eigenvalue weighted by molar-refractivity contribution is 0.324. The summed E-state index contributed by atoms with van der Waals surface area (Å²) in [6.45, 7) is 2.94. The number of imidazole rings is 1. The molecule has 2 N–H and O–H groups in total. The Hall–Kier alpha value is -2.78. The molecule has 0 bridgehead atoms. The number of primary sulfonamides is 1. The van der Waals surface area contributed by atoms with Crippen LogP contribution in [-0.4, -0.2) is 39.3 Å². The number of hydrogen-bond acceptors (Lipinski definition) is 6. The number of ether oxygens (including phenoxy) is 3. The second-order valence-corrected chi connectivity index (χ2v) is 8.82. The average molecular weight is 448 g/mol. The number of nitrogens with zero attached hydrogens (tertiary/aromatic N) is 2. The fourth-order valence-electron chi connectivity index (χ4n) is 3.63. The summed E-state index contributed by atoms with van der Waals surface area (Å²) in [4.78, 5) is 4.80. The summed E-state index contributed by atoms with van der Waals surface area (Å²) in [6.07, 6.45) is 3.41. The molecule has 3 aromatic rings. The topological polar surface area (TPSA) is 106 Å². The van der Waals surface area contributed by atoms with Gasteiger partial charge in [-0.05, 0) is 48.7 Å². The summed E-state index contributed by atoms with van der Waals surface area (Å²) in [5.74, 6) is 2.66. The minimum atomic E-state index is -3.78. The molecule has 0 aliphatic heterocycles. The summed E-state index contributed by atoms with van der Waals surface area (Å²) in [5, 5.41) is 5.29. The standard InChI is InChI=1S/C22H29N3O5S/c1-5-6-11-25-18-9-8-16(31(23,26)27)14-17(18)24-21(25)10-7-15-12-19(28-2)22(30-4)20(13-15)29-3/h8-9,12-14H,5-7,10-11H2,1-4H3,(H2,23,26,27). The van der Waals surface area contributed by atoms with Crippen LogP contribution in [0.15, 0.2) is 35.2 Å². The molecule has 0 unspecified atom stereocenters. The van der Waals surface area contributed by atoms with Crippen molar-refractivity contribution in [2.45, 2.75) is 44.0 Å². The Morgan fingerprint density at radius 3 is 2.23 bits per heavy atom. The molecule has 0 radical (unpaired) electrons. The molecule has 3 rings (SSSR count). The van der Waals surface area contributed by atoms with Crippen molar-refractivity contribution in [1.29, 1.82) is 0 Å². The van der Waals surface area contributed by atoms with E-state index in [-0.39, 0.29) is 4.90 Å². The van der Waals surface area contributed by atoms with E-state index in [1.807, 2.05) is 12.1 Å². The van der Waals surface area contributed by atoms with Gasteiger partial charge in [0.25, 0.3) is 0 Å². The van der Waals surface area contributed by atoms with Crippen molar-refractivity contribution >= 4 is 21.1 Å². The van der Waals surface area contributed by atoms with Crippen LogP contribution in [0.1, 0.15) is 31.2 Å². The molecule has 0 aliphatic carbocycles. The van der Waals surface area contributed by atoms with Gasteiger partial charge in [0.05, 0.1) is 37.3 Å². The molecule has 0 aliphatic rings. The number of fused-ring (bicyclic) bond motifs is 1. The van der Waals surface area contributed by atoms with Gasteiger partial charge in [0, 0.05) is 13.0 Å². The molecule has 1 heterocycles. The molecule has 8 nitrogen and oxygen atoms in total. The van der Waals surface area contributed by atoms with Crippen LogP contribution in [0.25, 0.3) is 11.0 Å². The van der Waals surface area contributed by atoms with E-state index in [0.717, 1.165) is 36.3 Å². The zero-order valence-corrected chi connectivity index (χ0v) is 19.2. The Bertz CT molecular complexity index is 1150. The number of benzene rings is 2. The summed E-state index contributed by atoms with van der Waals surface area (Å²) in [6, 6.07) is 8.71. The SMILES string of the molecule is CCCCn1c(CCc2cc(OC)c(OC)c(OC)c2)nc2cc(S(N)(=O)=O)ccc21. The van der Waals surface area contributed by atoms with Gasteiger partial charge in [0.2, 0.25) is 15.8 Å². The van der Waals surface area contributed by atoms with Gasteiger partial charge < -0.3 is 18.8 Å². The predicted octanol–water partition coefficient (Wildman–Crippen LogP) is 3.29. The number of aryl methyl sites for hydroxylation is 3. The molecular formula is C22H29N3O5S. The van der Waals surface area contributed by atoms with Crippen molar-refractivity contribution < 1.29 is 22.6 Å². The molecular weight excluding hydrogens is 418 g/mol. The minimum Gasteiger partial charge on any atom is -0.493 e. The monoisotopic (exact) mass is 447 g/mol. The smallest absolute Gasteiger partial charge is 0.238 e. The Morgan fingerprint density at radius 1 is 1.00 bits per heavy atom. The summed E-state index contributed by atoms with van der Waals surface area (Å²) in [7, 11) is 0.977. The highest BCUT2D eigenvalue weighted by atomic mass is 32.2. The summed E-state index contributed by atoms with van der Waals surface area (Å²) in [5.41, 5.74) is 2.55. The largest absolute Gasteiger partial charge is 0.493 e. The highest BCUT2D eigenvalue weighted by Gasteiger charge is 2.17. The van der Waals surface area contributed by atoms with Crippen LogP contribution in [0, 0.1) is 0 Å². The van der Waals surface area contributed by atoms with Gasteiger partial charge >= 0.3 is 0 Å². The Kier molecular flexibility index (Phi) is 7.07. The van der Waals surface area contributed by atoms with Gasteiger partial charge in [0.15, 0.2) is 11.5 Å². The maximum atomic E-state index is 11.7. The van der Waals surface area contributed by atoms with Crippen LogP contribution in [-0.2, 0) is 29.4 Å². The molecule has 0 saturated heterocycles. The first-order chi connectivity index (χ1) is 14.8. The number of sulfonamides is 1. The van der Waals surface area contributed by atoms with Crippen LogP contribution in [0.3, 0.4) is 0 Å². The summed E-state index contributed by atoms with van der Waals surface area (Å²) >= 11 is 0. The van der Waals surface area contributed by atoms with E-state index in [0.29, 0.717) is 35.6 Å². The lowest BCUT2D eigenvalue weighted by Crippen LogP contribution is -2.11. The number of methoxy groups -OCH3 is 3. The van der Waals surface area contributed by atoms with Crippen LogP contribution in [0.5, 0.6) is 17.2 Å². The first-order valence-corrected chi connectivity index (χ1v) is 11.7. The van der Waals surface area contributed by atoms with Gasteiger partial charge in [-0.2, -0.15) is 0 Å². The van der Waals surface area contributed by atoms with Crippen LogP contribution < -0.4 is 19.3 Å². The Labute approximate surface area is 183 Å². The quantitative estimate of drug-likeness (QED) is 0.511. The number of rotatable bonds is 10. The molecule has 0 amide bonds. The van der Waals surface area contributed by atoms with Crippen LogP contribution >= 0.6 is 0 Å². The van der Waals surface area contributed by atoms with Crippen LogP contribution in [0.4, 0.5) is 0 Å². The molecule has 0 spiro atoms. The number of unbranched alkanes of at least 4 members (excludes halogenated alkanes) is 1. The first kappa shape index (κ1) is 22.9. The van der Waals surface area contributed by atoms with Crippen molar-refractivity contribution in [2.24, 2.45) is 5.14 Å². The molecule has 31 heavy (non-hydrogen) atoms. The molecule has 0 fully saturated rings. The fourth-order valence-corrected chi connectivity index (χ4v) is 4.16. The van der Waals surface area contributed by atoms with Crippen molar-refractivity contribution in [3.63, 3.8) is 0 Å². The molecule has 168 valence electrons. The van der Waals surface area contributed by atoms with Gasteiger partial charge in [-0.3, -0.25) is 0 Å². The fraction of sp³-hybridized carbons (Fsp3) is 0.409. The third kappa shape index (κ3) is 4.94. The number of hydrogen-bond donors (Lipinski definition) is 1. The van der Waals surface area contributed by atoms with Crippen molar-refractivity contribution in [3.8, 4) is 17.2 Å². The van der Waals surface area contributed by atoms with E-state index in [9.17, 15) is 8.42 Å². The van der Waals surface area contributed by atoms with Gasteiger partial charge in [-0.15, -0.1) is 0 Å². The van der Waals surface area contributed by atoms with E-state index >= 15 is 0 Å². The third-order valence-corrected chi connectivity index (χ3v) is 6.14. The molecule has 1 aromatic heterocycles. The normalized spacial score (nSPS) is 11.6. The zero-order chi connectivity index (χ0) is 22.6. The zero-order valence-electron chi connectivity index (χ0n) is 18.3. The second-order valence-electron chi connectivity index (χ2n) is 7.26. The maximum Gasteiger partial charge on any atom is 0.238 e. The molecule has 2 aromatic carbocycles. The highest BCUT2D eigenvalue weighted by Crippen LogP contribution is 2.38. The Balaban J connectivity index is 1.96. The molecule has 9 heteroatoms. The van der Waals surface area contributed by atoms with Crippen molar-refractivity contribution in [3.05, 3.63) is 41.7 Å². The van der Waals surface area contributed by atoms with Crippen molar-refractivity contribution in [1.82, 2.24) is 9.55 Å². The average Bonchev–Trinajstić information content (AvgIpc) is 3.11. The number of aromatic nitrogens is 2. The maximum absolute atomic E-state index is 11.7. The predicted molar refractivity (Wildman–Crippen MR) is 120 cm³/mol. The lowest BCUT2D eigenvalue weighted by Gasteiger charge is -2.14. The van der Waals surface area contributed by atoms with E-state index in [2.05, 4.69) is 11.5 Å². The number of nitrogens with two attached hydrogens (primary N) is 1. The second kappa shape index (κ2) is 9.57. The van der Waals surface area contributed by atoms with Crippen LogP contribution in [0.2, 0.25) is 0 Å². The first-order valence-electron chi connectivity index (χ1n) is 10.1. The van der Waals surface area contributed by atoms with Gasteiger partial charge in [0.1, 0.15) is 5.82 Å². The lowest BCUT2D eigenvalue weighted by atomic mass is 10.1. The third-order valence-electron chi connectivity index (χ3n) is 5.22. The summed E-state index contributed by atoms with van der Waals surface area (Å²) < 4.78 is 41.9. The van der Waals surface area contributed by atoms with E-state index < -0.39 is 10.0 Å². The molecule has 0 saturated carbocycles. The highest BCUT2D eigenvalue weighted by molar-refractivity contribution is 7.89.